The molecule has 0 heterocycles. The van der Waals surface area contributed by atoms with Gasteiger partial charge in [0.15, 0.2) is 0 Å². The second-order valence-corrected chi connectivity index (χ2v) is 6.41. The van der Waals surface area contributed by atoms with Crippen molar-refractivity contribution in [2.24, 2.45) is 0 Å². The van der Waals surface area contributed by atoms with Crippen LogP contribution in [0.15, 0.2) is 0 Å². The molecule has 0 bridgehead atoms. The van der Waals surface area contributed by atoms with Crippen molar-refractivity contribution in [2.45, 2.75) is 52.4 Å². The van der Waals surface area contributed by atoms with Crippen LogP contribution in [0.4, 0.5) is 52.7 Å². The van der Waals surface area contributed by atoms with Crippen molar-refractivity contribution in [3.63, 3.8) is 0 Å². The van der Waals surface area contributed by atoms with Gasteiger partial charge in [0.1, 0.15) is 0 Å². The molecule has 2 saturated carbocycles. The lowest BCUT2D eigenvalue weighted by Crippen LogP contribution is -3.02. The quantitative estimate of drug-likeness (QED) is 0.448. The zero-order chi connectivity index (χ0) is 19.4. The Morgan fingerprint density at radius 2 is 0.875 bits per heavy atom. The van der Waals surface area contributed by atoms with Crippen LogP contribution in [-0.4, -0.2) is 52.1 Å². The predicted molar refractivity (Wildman–Crippen MR) is 55.7 cm³/mol. The Bertz CT molecular complexity index is 534. The molecule has 142 valence electrons. The number of alkyl halides is 13. The van der Waals surface area contributed by atoms with Gasteiger partial charge in [-0.15, -0.1) is 0 Å². The minimum atomic E-state index is -6.38. The van der Waals surface area contributed by atoms with Crippen molar-refractivity contribution in [3.8, 4) is 0 Å². The first kappa shape index (κ1) is 19.9. The molecule has 0 amide bonds. The van der Waals surface area contributed by atoms with Crippen molar-refractivity contribution >= 4 is 15.9 Å². The van der Waals surface area contributed by atoms with Gasteiger partial charge in [-0.25, -0.2) is 0 Å². The van der Waals surface area contributed by atoms with E-state index in [0.29, 0.717) is 6.92 Å². The lowest BCUT2D eigenvalue weighted by molar-refractivity contribution is -0.550. The Kier molecular flexibility index (Phi) is 3.56. The average molecular weight is 449 g/mol. The molecule has 14 heteroatoms. The third-order valence-corrected chi connectivity index (χ3v) is 5.73. The highest BCUT2D eigenvalue weighted by molar-refractivity contribution is 9.10. The van der Waals surface area contributed by atoms with Gasteiger partial charge in [0.2, 0.25) is 9.93 Å². The number of rotatable bonds is 3. The van der Waals surface area contributed by atoms with Crippen LogP contribution in [0.5, 0.6) is 0 Å². The van der Waals surface area contributed by atoms with E-state index in [1.807, 2.05) is 0 Å². The standard InChI is InChI=1S/C10H5BrF12O/c1-2-24-4(7(16,17)10(22,23)8(4,18)19)3(11)5(12,13)9(20,21)6(3,14)15/h2H2,1H3. The molecule has 0 aromatic rings. The average Bonchev–Trinajstić information content (AvgIpc) is 2.41. The highest BCUT2D eigenvalue weighted by Gasteiger charge is 3.14. The molecular formula is C10H5BrF12O. The Morgan fingerprint density at radius 3 is 1.17 bits per heavy atom. The second-order valence-electron chi connectivity index (χ2n) is 5.22. The lowest BCUT2D eigenvalue weighted by atomic mass is 9.51. The van der Waals surface area contributed by atoms with Gasteiger partial charge in [-0.3, -0.25) is 0 Å². The zero-order valence-corrected chi connectivity index (χ0v) is 12.6. The summed E-state index contributed by atoms with van der Waals surface area (Å²) in [6, 6.07) is 0. The summed E-state index contributed by atoms with van der Waals surface area (Å²) in [5.41, 5.74) is -5.63. The van der Waals surface area contributed by atoms with Crippen molar-refractivity contribution in [3.05, 3.63) is 0 Å². The van der Waals surface area contributed by atoms with Crippen LogP contribution in [0.3, 0.4) is 0 Å². The van der Waals surface area contributed by atoms with Crippen LogP contribution >= 0.6 is 15.9 Å². The van der Waals surface area contributed by atoms with E-state index in [2.05, 4.69) is 4.74 Å². The van der Waals surface area contributed by atoms with E-state index >= 15 is 0 Å². The van der Waals surface area contributed by atoms with Crippen molar-refractivity contribution < 1.29 is 57.4 Å². The number of hydrogen-bond acceptors (Lipinski definition) is 1. The van der Waals surface area contributed by atoms with Gasteiger partial charge >= 0.3 is 35.5 Å². The second kappa shape index (κ2) is 4.29. The largest absolute Gasteiger partial charge is 0.378 e. The molecular weight excluding hydrogens is 444 g/mol. The first-order valence-electron chi connectivity index (χ1n) is 5.91. The Morgan fingerprint density at radius 1 is 0.583 bits per heavy atom. The van der Waals surface area contributed by atoms with Crippen molar-refractivity contribution in [2.75, 3.05) is 6.61 Å². The highest BCUT2D eigenvalue weighted by Crippen LogP contribution is 2.83. The van der Waals surface area contributed by atoms with Gasteiger partial charge in [0.05, 0.1) is 0 Å². The maximum Gasteiger partial charge on any atom is 0.378 e. The molecule has 0 aromatic carbocycles. The van der Waals surface area contributed by atoms with Crippen molar-refractivity contribution in [1.29, 1.82) is 0 Å². The van der Waals surface area contributed by atoms with E-state index in [4.69, 9.17) is 0 Å². The van der Waals surface area contributed by atoms with Crippen LogP contribution in [0.1, 0.15) is 6.92 Å². The Labute approximate surface area is 133 Å². The van der Waals surface area contributed by atoms with Crippen molar-refractivity contribution in [1.82, 2.24) is 0 Å². The summed E-state index contributed by atoms with van der Waals surface area (Å²) in [4.78, 5) is 0. The van der Waals surface area contributed by atoms with E-state index in [1.165, 1.54) is 0 Å². The molecule has 2 aliphatic carbocycles. The fourth-order valence-electron chi connectivity index (χ4n) is 2.91. The monoisotopic (exact) mass is 448 g/mol. The van der Waals surface area contributed by atoms with Gasteiger partial charge in [-0.2, -0.15) is 52.7 Å². The van der Waals surface area contributed by atoms with Gasteiger partial charge in [0.25, 0.3) is 0 Å². The molecule has 0 saturated heterocycles. The molecule has 0 atom stereocenters. The summed E-state index contributed by atoms with van der Waals surface area (Å²) in [5, 5.41) is 0. The molecule has 0 unspecified atom stereocenters. The molecule has 24 heavy (non-hydrogen) atoms. The summed E-state index contributed by atoms with van der Waals surface area (Å²) in [6.45, 7) is -0.889. The molecule has 2 aliphatic rings. The predicted octanol–water partition coefficient (Wildman–Crippen LogP) is 4.73. The molecule has 0 N–H and O–H groups in total. The van der Waals surface area contributed by atoms with E-state index < -0.39 is 52.1 Å². The Hall–Kier alpha value is -0.400. The van der Waals surface area contributed by atoms with Gasteiger partial charge in [-0.05, 0) is 6.92 Å². The smallest absolute Gasteiger partial charge is 0.361 e. The van der Waals surface area contributed by atoms with E-state index in [1.54, 1.807) is 0 Å². The summed E-state index contributed by atoms with van der Waals surface area (Å²) < 4.78 is 159. The van der Waals surface area contributed by atoms with Crippen LogP contribution < -0.4 is 0 Å². The topological polar surface area (TPSA) is 9.23 Å². The summed E-state index contributed by atoms with van der Waals surface area (Å²) in [6.07, 6.45) is 0. The summed E-state index contributed by atoms with van der Waals surface area (Å²) in [5.74, 6) is -37.9. The van der Waals surface area contributed by atoms with E-state index in [9.17, 15) is 52.7 Å². The molecule has 0 spiro atoms. The fourth-order valence-corrected chi connectivity index (χ4v) is 4.02. The van der Waals surface area contributed by atoms with Crippen LogP contribution in [0, 0.1) is 0 Å². The molecule has 0 radical (unpaired) electrons. The van der Waals surface area contributed by atoms with Gasteiger partial charge < -0.3 is 4.74 Å². The van der Waals surface area contributed by atoms with Crippen LogP contribution in [0.2, 0.25) is 0 Å². The van der Waals surface area contributed by atoms with E-state index in [-0.39, 0.29) is 0 Å². The molecule has 0 aromatic heterocycles. The maximum atomic E-state index is 13.7. The molecule has 2 rings (SSSR count). The van der Waals surface area contributed by atoms with E-state index in [0.717, 1.165) is 15.9 Å². The Balaban J connectivity index is 2.84. The van der Waals surface area contributed by atoms with Gasteiger partial charge in [0, 0.05) is 6.61 Å². The normalized spacial score (nSPS) is 34.8. The minimum absolute atomic E-state index is 0.563. The highest BCUT2D eigenvalue weighted by atomic mass is 79.9. The van der Waals surface area contributed by atoms with Gasteiger partial charge in [-0.1, -0.05) is 15.9 Å². The number of halogens is 13. The number of ether oxygens (including phenoxy) is 1. The van der Waals surface area contributed by atoms with Crippen LogP contribution in [-0.2, 0) is 4.74 Å². The SMILES string of the molecule is CCOC1(C2(Br)C(F)(F)C(F)(F)C2(F)F)C(F)(F)C(F)(F)C1(F)F. The fraction of sp³-hybridized carbons (Fsp3) is 1.00. The maximum absolute atomic E-state index is 13.7. The molecule has 1 nitrogen and oxygen atoms in total. The summed E-state index contributed by atoms with van der Waals surface area (Å²) >= 11 is 1.13. The third-order valence-electron chi connectivity index (χ3n) is 4.17. The zero-order valence-electron chi connectivity index (χ0n) is 11.0. The van der Waals surface area contributed by atoms with Crippen LogP contribution in [0.25, 0.3) is 0 Å². The third kappa shape index (κ3) is 1.28. The minimum Gasteiger partial charge on any atom is -0.361 e. The summed E-state index contributed by atoms with van der Waals surface area (Å²) in [7, 11) is 0. The lowest BCUT2D eigenvalue weighted by Gasteiger charge is -2.70. The molecule has 0 aliphatic heterocycles. The first-order valence-corrected chi connectivity index (χ1v) is 6.70. The molecule has 2 fully saturated rings. The first-order chi connectivity index (χ1) is 10.3. The number of hydrogen-bond donors (Lipinski definition) is 0.